The number of nitrogens with one attached hydrogen (secondary N) is 1. The standard InChI is InChI=1S/C23H27N5O/c1-25-22-8-7-19(13-21(22)24)23(29)28-11-9-18(10-12-28)16-3-5-17(6-4-16)20-14-26-27(2)15-20/h3-8,13-15,18,25H,9-12,24H2,1-2H3. The first-order valence-electron chi connectivity index (χ1n) is 10.0. The summed E-state index contributed by atoms with van der Waals surface area (Å²) in [6.45, 7) is 1.53. The van der Waals surface area contributed by atoms with E-state index in [9.17, 15) is 4.79 Å². The van der Waals surface area contributed by atoms with Crippen LogP contribution in [0.15, 0.2) is 54.9 Å². The predicted octanol–water partition coefficient (Wildman–Crippen LogP) is 3.73. The summed E-state index contributed by atoms with van der Waals surface area (Å²) in [6.07, 6.45) is 5.86. The first-order chi connectivity index (χ1) is 14.0. The van der Waals surface area contributed by atoms with Crippen molar-refractivity contribution in [2.75, 3.05) is 31.2 Å². The highest BCUT2D eigenvalue weighted by Gasteiger charge is 2.25. The predicted molar refractivity (Wildman–Crippen MR) is 117 cm³/mol. The van der Waals surface area contributed by atoms with Gasteiger partial charge in [0.05, 0.1) is 17.6 Å². The minimum absolute atomic E-state index is 0.0599. The molecule has 0 bridgehead atoms. The molecule has 0 atom stereocenters. The van der Waals surface area contributed by atoms with Crippen molar-refractivity contribution in [2.24, 2.45) is 7.05 Å². The van der Waals surface area contributed by atoms with Crippen LogP contribution in [0.2, 0.25) is 0 Å². The van der Waals surface area contributed by atoms with Gasteiger partial charge in [0.25, 0.3) is 5.91 Å². The van der Waals surface area contributed by atoms with Gasteiger partial charge in [0.2, 0.25) is 0 Å². The van der Waals surface area contributed by atoms with Gasteiger partial charge in [0.15, 0.2) is 0 Å². The van der Waals surface area contributed by atoms with Gasteiger partial charge in [-0.05, 0) is 48.1 Å². The molecule has 3 N–H and O–H groups in total. The summed E-state index contributed by atoms with van der Waals surface area (Å²) < 4.78 is 1.82. The Kier molecular flexibility index (Phi) is 5.25. The Labute approximate surface area is 171 Å². The number of nitrogen functional groups attached to an aromatic ring is 1. The van der Waals surface area contributed by atoms with Crippen molar-refractivity contribution in [1.29, 1.82) is 0 Å². The molecule has 4 rings (SSSR count). The molecule has 2 heterocycles. The smallest absolute Gasteiger partial charge is 0.253 e. The Morgan fingerprint density at radius 2 is 1.83 bits per heavy atom. The minimum atomic E-state index is 0.0599. The van der Waals surface area contributed by atoms with Gasteiger partial charge in [-0.25, -0.2) is 0 Å². The van der Waals surface area contributed by atoms with E-state index in [1.807, 2.05) is 48.2 Å². The van der Waals surface area contributed by atoms with Gasteiger partial charge < -0.3 is 16.0 Å². The number of aryl methyl sites for hydroxylation is 1. The molecule has 1 fully saturated rings. The topological polar surface area (TPSA) is 76.2 Å². The largest absolute Gasteiger partial charge is 0.397 e. The van der Waals surface area contributed by atoms with E-state index in [1.165, 1.54) is 11.1 Å². The maximum Gasteiger partial charge on any atom is 0.253 e. The van der Waals surface area contributed by atoms with Gasteiger partial charge >= 0.3 is 0 Å². The maximum absolute atomic E-state index is 12.8. The Morgan fingerprint density at radius 1 is 1.10 bits per heavy atom. The summed E-state index contributed by atoms with van der Waals surface area (Å²) in [4.78, 5) is 14.8. The van der Waals surface area contributed by atoms with E-state index in [2.05, 4.69) is 34.7 Å². The number of benzene rings is 2. The first-order valence-corrected chi connectivity index (χ1v) is 10.0. The number of nitrogens with two attached hydrogens (primary N) is 1. The summed E-state index contributed by atoms with van der Waals surface area (Å²) >= 11 is 0. The number of carbonyl (C=O) groups excluding carboxylic acids is 1. The fourth-order valence-corrected chi connectivity index (χ4v) is 4.04. The maximum atomic E-state index is 12.8. The molecular formula is C23H27N5O. The third-order valence-electron chi connectivity index (χ3n) is 5.77. The van der Waals surface area contributed by atoms with Crippen molar-refractivity contribution in [3.63, 3.8) is 0 Å². The number of piperidine rings is 1. The second kappa shape index (κ2) is 7.99. The number of hydrogen-bond acceptors (Lipinski definition) is 4. The number of aromatic nitrogens is 2. The molecule has 1 aliphatic rings. The number of amides is 1. The van der Waals surface area contributed by atoms with E-state index in [1.54, 1.807) is 6.07 Å². The van der Waals surface area contributed by atoms with Gasteiger partial charge in [-0.15, -0.1) is 0 Å². The van der Waals surface area contributed by atoms with Crippen LogP contribution in [0.4, 0.5) is 11.4 Å². The third kappa shape index (κ3) is 3.97. The minimum Gasteiger partial charge on any atom is -0.397 e. The molecule has 150 valence electrons. The highest BCUT2D eigenvalue weighted by Crippen LogP contribution is 2.31. The lowest BCUT2D eigenvalue weighted by Crippen LogP contribution is -2.37. The Morgan fingerprint density at radius 3 is 2.41 bits per heavy atom. The van der Waals surface area contributed by atoms with Crippen LogP contribution in [0, 0.1) is 0 Å². The van der Waals surface area contributed by atoms with Crippen LogP contribution in [0.1, 0.15) is 34.7 Å². The average Bonchev–Trinajstić information content (AvgIpc) is 3.20. The molecule has 1 saturated heterocycles. The van der Waals surface area contributed by atoms with Crippen LogP contribution in [0.5, 0.6) is 0 Å². The zero-order valence-corrected chi connectivity index (χ0v) is 16.9. The first kappa shape index (κ1) is 19.1. The van der Waals surface area contributed by atoms with Gasteiger partial charge in [-0.3, -0.25) is 9.48 Å². The van der Waals surface area contributed by atoms with Gasteiger partial charge in [0.1, 0.15) is 0 Å². The summed E-state index contributed by atoms with van der Waals surface area (Å²) in [5.41, 5.74) is 11.8. The van der Waals surface area contributed by atoms with E-state index in [4.69, 9.17) is 5.73 Å². The fraction of sp³-hybridized carbons (Fsp3) is 0.304. The quantitative estimate of drug-likeness (QED) is 0.667. The van der Waals surface area contributed by atoms with E-state index in [-0.39, 0.29) is 5.91 Å². The highest BCUT2D eigenvalue weighted by atomic mass is 16.2. The zero-order valence-electron chi connectivity index (χ0n) is 16.9. The SMILES string of the molecule is CNc1ccc(C(=O)N2CCC(c3ccc(-c4cnn(C)c4)cc3)CC2)cc1N. The van der Waals surface area contributed by atoms with Gasteiger partial charge in [-0.2, -0.15) is 5.10 Å². The molecule has 3 aromatic rings. The molecule has 6 nitrogen and oxygen atoms in total. The summed E-state index contributed by atoms with van der Waals surface area (Å²) in [6, 6.07) is 14.2. The van der Waals surface area contributed by atoms with Gasteiger partial charge in [0, 0.05) is 44.5 Å². The molecule has 0 aliphatic carbocycles. The number of rotatable bonds is 4. The molecule has 6 heteroatoms. The van der Waals surface area contributed by atoms with E-state index < -0.39 is 0 Å². The van der Waals surface area contributed by atoms with Crippen molar-refractivity contribution in [3.8, 4) is 11.1 Å². The van der Waals surface area contributed by atoms with Gasteiger partial charge in [-0.1, -0.05) is 24.3 Å². The molecule has 29 heavy (non-hydrogen) atoms. The molecule has 0 spiro atoms. The van der Waals surface area contributed by atoms with Crippen LogP contribution < -0.4 is 11.1 Å². The summed E-state index contributed by atoms with van der Waals surface area (Å²) in [5, 5.41) is 7.26. The van der Waals surface area contributed by atoms with E-state index in [0.29, 0.717) is 17.2 Å². The monoisotopic (exact) mass is 389 g/mol. The third-order valence-corrected chi connectivity index (χ3v) is 5.77. The zero-order chi connectivity index (χ0) is 20.4. The highest BCUT2D eigenvalue weighted by molar-refractivity contribution is 5.96. The van der Waals surface area contributed by atoms with Crippen LogP contribution in [-0.2, 0) is 7.05 Å². The Bertz CT molecular complexity index is 1000. The van der Waals surface area contributed by atoms with Crippen LogP contribution in [0.25, 0.3) is 11.1 Å². The van der Waals surface area contributed by atoms with Crippen LogP contribution in [-0.4, -0.2) is 40.7 Å². The van der Waals surface area contributed by atoms with Crippen molar-refractivity contribution in [1.82, 2.24) is 14.7 Å². The van der Waals surface area contributed by atoms with Crippen LogP contribution >= 0.6 is 0 Å². The number of anilines is 2. The van der Waals surface area contributed by atoms with Crippen molar-refractivity contribution >= 4 is 17.3 Å². The lowest BCUT2D eigenvalue weighted by atomic mass is 9.88. The second-order valence-electron chi connectivity index (χ2n) is 7.64. The number of likely N-dealkylation sites (tertiary alicyclic amines) is 1. The normalized spacial score (nSPS) is 14.8. The Hall–Kier alpha value is -3.28. The number of hydrogen-bond donors (Lipinski definition) is 2. The summed E-state index contributed by atoms with van der Waals surface area (Å²) in [7, 11) is 3.75. The average molecular weight is 390 g/mol. The van der Waals surface area contributed by atoms with Crippen LogP contribution in [0.3, 0.4) is 0 Å². The lowest BCUT2D eigenvalue weighted by Gasteiger charge is -2.32. The molecule has 1 aromatic heterocycles. The molecule has 1 aliphatic heterocycles. The Balaban J connectivity index is 1.39. The number of nitrogens with zero attached hydrogens (tertiary/aromatic N) is 3. The van der Waals surface area contributed by atoms with Crippen molar-refractivity contribution in [2.45, 2.75) is 18.8 Å². The number of carbonyl (C=O) groups is 1. The molecule has 2 aromatic carbocycles. The molecule has 0 unspecified atom stereocenters. The molecule has 1 amide bonds. The molecular weight excluding hydrogens is 362 g/mol. The lowest BCUT2D eigenvalue weighted by molar-refractivity contribution is 0.0713. The fourth-order valence-electron chi connectivity index (χ4n) is 4.04. The molecule has 0 radical (unpaired) electrons. The van der Waals surface area contributed by atoms with E-state index >= 15 is 0 Å². The van der Waals surface area contributed by atoms with Crippen molar-refractivity contribution in [3.05, 3.63) is 66.0 Å². The second-order valence-corrected chi connectivity index (χ2v) is 7.64. The summed E-state index contributed by atoms with van der Waals surface area (Å²) in [5.74, 6) is 0.545. The molecule has 0 saturated carbocycles. The van der Waals surface area contributed by atoms with Crippen molar-refractivity contribution < 1.29 is 4.79 Å². The van der Waals surface area contributed by atoms with E-state index in [0.717, 1.165) is 37.2 Å².